The number of aryl methyl sites for hydroxylation is 2. The van der Waals surface area contributed by atoms with E-state index in [1.165, 1.54) is 0 Å². The third kappa shape index (κ3) is 6.62. The molecule has 2 N–H and O–H groups in total. The van der Waals surface area contributed by atoms with Crippen LogP contribution in [-0.2, 0) is 18.2 Å². The Labute approximate surface area is 126 Å². The van der Waals surface area contributed by atoms with Crippen molar-refractivity contribution in [2.45, 2.75) is 46.1 Å². The first-order valence-electron chi connectivity index (χ1n) is 7.19. The van der Waals surface area contributed by atoms with Gasteiger partial charge in [0.2, 0.25) is 0 Å². The number of amides is 1. The standard InChI is InChI=1S/C15H27N3O3/c1-14(2,3)21-13(20)16-10-15(4,11-19)7-6-12-8-17-18(5)9-12/h8-9,19H,6-7,10-11H2,1-5H3,(H,16,20). The van der Waals surface area contributed by atoms with E-state index in [0.29, 0.717) is 6.54 Å². The van der Waals surface area contributed by atoms with Crippen LogP contribution in [0.15, 0.2) is 12.4 Å². The average Bonchev–Trinajstić information content (AvgIpc) is 2.78. The summed E-state index contributed by atoms with van der Waals surface area (Å²) in [6, 6.07) is 0. The van der Waals surface area contributed by atoms with Crippen molar-refractivity contribution in [3.05, 3.63) is 18.0 Å². The minimum atomic E-state index is -0.518. The highest BCUT2D eigenvalue weighted by atomic mass is 16.6. The number of alkyl carbamates (subject to hydrolysis) is 1. The van der Waals surface area contributed by atoms with Crippen molar-refractivity contribution < 1.29 is 14.6 Å². The van der Waals surface area contributed by atoms with Gasteiger partial charge in [0.25, 0.3) is 0 Å². The number of hydrogen-bond donors (Lipinski definition) is 2. The van der Waals surface area contributed by atoms with Gasteiger partial charge in [0.1, 0.15) is 5.60 Å². The predicted octanol–water partition coefficient (Wildman–Crippen LogP) is 1.88. The highest BCUT2D eigenvalue weighted by Gasteiger charge is 2.25. The van der Waals surface area contributed by atoms with E-state index in [9.17, 15) is 9.90 Å². The molecule has 1 amide bonds. The minimum absolute atomic E-state index is 0.00304. The number of aliphatic hydroxyl groups excluding tert-OH is 1. The second-order valence-electron chi connectivity index (χ2n) is 6.85. The van der Waals surface area contributed by atoms with Crippen molar-refractivity contribution >= 4 is 6.09 Å². The molecule has 1 heterocycles. The Balaban J connectivity index is 2.46. The fraction of sp³-hybridized carbons (Fsp3) is 0.733. The molecule has 0 radical (unpaired) electrons. The van der Waals surface area contributed by atoms with Crippen molar-refractivity contribution in [1.82, 2.24) is 15.1 Å². The van der Waals surface area contributed by atoms with E-state index < -0.39 is 11.7 Å². The van der Waals surface area contributed by atoms with E-state index in [-0.39, 0.29) is 12.0 Å². The lowest BCUT2D eigenvalue weighted by Crippen LogP contribution is -2.41. The summed E-state index contributed by atoms with van der Waals surface area (Å²) in [5, 5.41) is 16.5. The van der Waals surface area contributed by atoms with Crippen molar-refractivity contribution in [2.24, 2.45) is 12.5 Å². The Hall–Kier alpha value is -1.56. The van der Waals surface area contributed by atoms with Crippen molar-refractivity contribution in [2.75, 3.05) is 13.2 Å². The summed E-state index contributed by atoms with van der Waals surface area (Å²) in [5.41, 5.74) is 0.219. The van der Waals surface area contributed by atoms with Crippen LogP contribution < -0.4 is 5.32 Å². The maximum Gasteiger partial charge on any atom is 0.407 e. The smallest absolute Gasteiger partial charge is 0.407 e. The molecule has 0 fully saturated rings. The maximum absolute atomic E-state index is 11.7. The van der Waals surface area contributed by atoms with E-state index in [1.807, 2.05) is 47.1 Å². The lowest BCUT2D eigenvalue weighted by atomic mass is 9.85. The van der Waals surface area contributed by atoms with Crippen LogP contribution in [0.5, 0.6) is 0 Å². The van der Waals surface area contributed by atoms with Gasteiger partial charge in [-0.05, 0) is 39.2 Å². The molecule has 1 atom stereocenters. The summed E-state index contributed by atoms with van der Waals surface area (Å²) in [6.45, 7) is 7.78. The molecule has 6 heteroatoms. The van der Waals surface area contributed by atoms with Crippen molar-refractivity contribution in [3.63, 3.8) is 0 Å². The number of aromatic nitrogens is 2. The molecular weight excluding hydrogens is 270 g/mol. The second kappa shape index (κ2) is 6.93. The fourth-order valence-corrected chi connectivity index (χ4v) is 1.87. The fourth-order valence-electron chi connectivity index (χ4n) is 1.87. The highest BCUT2D eigenvalue weighted by Crippen LogP contribution is 2.22. The van der Waals surface area contributed by atoms with Gasteiger partial charge in [-0.15, -0.1) is 0 Å². The summed E-state index contributed by atoms with van der Waals surface area (Å²) in [4.78, 5) is 11.7. The van der Waals surface area contributed by atoms with E-state index in [1.54, 1.807) is 4.68 Å². The van der Waals surface area contributed by atoms with Gasteiger partial charge in [-0.3, -0.25) is 4.68 Å². The minimum Gasteiger partial charge on any atom is -0.444 e. The molecule has 1 rings (SSSR count). The third-order valence-corrected chi connectivity index (χ3v) is 3.22. The second-order valence-corrected chi connectivity index (χ2v) is 6.85. The quantitative estimate of drug-likeness (QED) is 0.840. The summed E-state index contributed by atoms with van der Waals surface area (Å²) in [6.07, 6.45) is 4.88. The molecule has 21 heavy (non-hydrogen) atoms. The number of nitrogens with zero attached hydrogens (tertiary/aromatic N) is 2. The van der Waals surface area contributed by atoms with Crippen LogP contribution in [0.3, 0.4) is 0 Å². The molecule has 0 bridgehead atoms. The molecule has 0 aliphatic rings. The van der Waals surface area contributed by atoms with Gasteiger partial charge in [0.15, 0.2) is 0 Å². The molecule has 0 aromatic carbocycles. The molecule has 1 unspecified atom stereocenters. The third-order valence-electron chi connectivity index (χ3n) is 3.22. The molecule has 0 saturated carbocycles. The number of carbonyl (C=O) groups excluding carboxylic acids is 1. The lowest BCUT2D eigenvalue weighted by molar-refractivity contribution is 0.0473. The number of hydrogen-bond acceptors (Lipinski definition) is 4. The monoisotopic (exact) mass is 297 g/mol. The molecule has 0 aliphatic carbocycles. The molecular formula is C15H27N3O3. The van der Waals surface area contributed by atoms with E-state index in [4.69, 9.17) is 4.74 Å². The Kier molecular flexibility index (Phi) is 5.78. The molecule has 0 aliphatic heterocycles. The molecule has 1 aromatic rings. The van der Waals surface area contributed by atoms with Crippen LogP contribution in [0.1, 0.15) is 39.7 Å². The Morgan fingerprint density at radius 2 is 2.10 bits per heavy atom. The number of rotatable bonds is 6. The SMILES string of the molecule is Cn1cc(CCC(C)(CO)CNC(=O)OC(C)(C)C)cn1. The number of ether oxygens (including phenoxy) is 1. The van der Waals surface area contributed by atoms with E-state index in [2.05, 4.69) is 10.4 Å². The number of aliphatic hydroxyl groups is 1. The van der Waals surface area contributed by atoms with Crippen LogP contribution in [0.2, 0.25) is 0 Å². The van der Waals surface area contributed by atoms with E-state index in [0.717, 1.165) is 18.4 Å². The molecule has 1 aromatic heterocycles. The normalized spacial score (nSPS) is 14.6. The number of carbonyl (C=O) groups is 1. The zero-order valence-corrected chi connectivity index (χ0v) is 13.6. The van der Waals surface area contributed by atoms with Gasteiger partial charge in [-0.2, -0.15) is 5.10 Å². The first-order valence-corrected chi connectivity index (χ1v) is 7.19. The first kappa shape index (κ1) is 17.5. The highest BCUT2D eigenvalue weighted by molar-refractivity contribution is 5.67. The maximum atomic E-state index is 11.7. The summed E-state index contributed by atoms with van der Waals surface area (Å²) >= 11 is 0. The molecule has 120 valence electrons. The van der Waals surface area contributed by atoms with E-state index >= 15 is 0 Å². The predicted molar refractivity (Wildman–Crippen MR) is 81.0 cm³/mol. The zero-order valence-electron chi connectivity index (χ0n) is 13.6. The average molecular weight is 297 g/mol. The van der Waals surface area contributed by atoms with Gasteiger partial charge in [-0.25, -0.2) is 4.79 Å². The van der Waals surface area contributed by atoms with Crippen LogP contribution in [0.25, 0.3) is 0 Å². The summed E-state index contributed by atoms with van der Waals surface area (Å²) in [7, 11) is 1.87. The van der Waals surface area contributed by atoms with Gasteiger partial charge in [-0.1, -0.05) is 6.92 Å². The Morgan fingerprint density at radius 1 is 1.43 bits per heavy atom. The summed E-state index contributed by atoms with van der Waals surface area (Å²) in [5.74, 6) is 0. The van der Waals surface area contributed by atoms with Gasteiger partial charge >= 0.3 is 6.09 Å². The van der Waals surface area contributed by atoms with Crippen LogP contribution in [0, 0.1) is 5.41 Å². The van der Waals surface area contributed by atoms with Gasteiger partial charge < -0.3 is 15.2 Å². The first-order chi connectivity index (χ1) is 9.63. The topological polar surface area (TPSA) is 76.4 Å². The Bertz CT molecular complexity index is 465. The zero-order chi connectivity index (χ0) is 16.1. The van der Waals surface area contributed by atoms with Crippen LogP contribution >= 0.6 is 0 Å². The van der Waals surface area contributed by atoms with Crippen molar-refractivity contribution in [1.29, 1.82) is 0 Å². The van der Waals surface area contributed by atoms with Crippen molar-refractivity contribution in [3.8, 4) is 0 Å². The Morgan fingerprint density at radius 3 is 2.57 bits per heavy atom. The largest absolute Gasteiger partial charge is 0.444 e. The van der Waals surface area contributed by atoms with Crippen LogP contribution in [0.4, 0.5) is 4.79 Å². The molecule has 0 spiro atoms. The number of nitrogens with one attached hydrogen (secondary N) is 1. The molecule has 0 saturated heterocycles. The van der Waals surface area contributed by atoms with Crippen LogP contribution in [-0.4, -0.2) is 39.7 Å². The van der Waals surface area contributed by atoms with Gasteiger partial charge in [0, 0.05) is 25.2 Å². The molecule has 6 nitrogen and oxygen atoms in total. The lowest BCUT2D eigenvalue weighted by Gasteiger charge is -2.28. The van der Waals surface area contributed by atoms with Gasteiger partial charge in [0.05, 0.1) is 12.8 Å². The summed E-state index contributed by atoms with van der Waals surface area (Å²) < 4.78 is 6.95.